The number of carboxylic acid groups (broad SMARTS) is 1. The maximum absolute atomic E-state index is 12.4. The molecule has 12 nitrogen and oxygen atoms in total. The Morgan fingerprint density at radius 3 is 2.29 bits per heavy atom. The Kier molecular flexibility index (Phi) is 10.4. The molecule has 0 aliphatic heterocycles. The van der Waals surface area contributed by atoms with Crippen LogP contribution in [-0.4, -0.2) is 49.8 Å². The highest BCUT2D eigenvalue weighted by Crippen LogP contribution is 2.30. The topological polar surface area (TPSA) is 189 Å². The molecule has 0 saturated carbocycles. The molecule has 0 radical (unpaired) electrons. The van der Waals surface area contributed by atoms with E-state index in [1.165, 1.54) is 24.8 Å². The fraction of sp³-hybridized carbons (Fsp3) is 0.241. The Labute approximate surface area is 243 Å². The molecule has 0 spiro atoms. The minimum atomic E-state index is -3.97. The van der Waals surface area contributed by atoms with Crippen LogP contribution >= 0.6 is 0 Å². The van der Waals surface area contributed by atoms with Gasteiger partial charge in [-0.05, 0) is 48.2 Å². The Bertz CT molecular complexity index is 1570. The molecule has 3 rings (SSSR count). The van der Waals surface area contributed by atoms with E-state index in [1.807, 2.05) is 6.92 Å². The first-order valence-electron chi connectivity index (χ1n) is 12.9. The van der Waals surface area contributed by atoms with Crippen LogP contribution in [0.5, 0.6) is 0 Å². The molecule has 0 aliphatic carbocycles. The number of anilines is 1. The monoisotopic (exact) mass is 596 g/mol. The van der Waals surface area contributed by atoms with Gasteiger partial charge in [0.25, 0.3) is 0 Å². The molecule has 0 heterocycles. The summed E-state index contributed by atoms with van der Waals surface area (Å²) in [7, 11) is -3.97. The van der Waals surface area contributed by atoms with Crippen molar-refractivity contribution >= 4 is 39.7 Å². The van der Waals surface area contributed by atoms with Crippen molar-refractivity contribution in [2.24, 2.45) is 5.14 Å². The number of benzene rings is 3. The molecule has 0 saturated heterocycles. The molecule has 0 aromatic heterocycles. The van der Waals surface area contributed by atoms with Crippen LogP contribution in [0.15, 0.2) is 77.7 Å². The molecule has 5 N–H and O–H groups in total. The lowest BCUT2D eigenvalue weighted by Gasteiger charge is -2.29. The summed E-state index contributed by atoms with van der Waals surface area (Å²) in [5, 5.41) is 26.0. The zero-order chi connectivity index (χ0) is 31.0. The number of carbonyl (C=O) groups excluding carboxylic acids is 2. The van der Waals surface area contributed by atoms with Crippen molar-refractivity contribution in [2.75, 3.05) is 4.90 Å². The summed E-state index contributed by atoms with van der Waals surface area (Å²) in [4.78, 5) is 36.6. The number of amides is 2. The number of carbonyl (C=O) groups is 3. The molecule has 0 fully saturated rings. The molecule has 13 heteroatoms. The maximum Gasteiger partial charge on any atom is 0.415 e. The van der Waals surface area contributed by atoms with Gasteiger partial charge in [-0.25, -0.2) is 23.1 Å². The van der Waals surface area contributed by atoms with Gasteiger partial charge in [-0.1, -0.05) is 55.5 Å². The van der Waals surface area contributed by atoms with Crippen LogP contribution in [0.3, 0.4) is 0 Å². The Balaban J connectivity index is 1.79. The second-order valence-electron chi connectivity index (χ2n) is 9.29. The molecule has 0 aliphatic rings. The van der Waals surface area contributed by atoms with Crippen LogP contribution in [0.1, 0.15) is 38.3 Å². The lowest BCUT2D eigenvalue weighted by atomic mass is 9.99. The van der Waals surface area contributed by atoms with Gasteiger partial charge in [-0.15, -0.1) is 0 Å². The van der Waals surface area contributed by atoms with Gasteiger partial charge in [0.15, 0.2) is 0 Å². The highest BCUT2D eigenvalue weighted by molar-refractivity contribution is 7.89. The lowest BCUT2D eigenvalue weighted by molar-refractivity contribution is -0.161. The van der Waals surface area contributed by atoms with Crippen molar-refractivity contribution in [3.8, 4) is 11.1 Å². The number of nitrogens with zero attached hydrogens (tertiary/aromatic N) is 1. The van der Waals surface area contributed by atoms with E-state index in [1.54, 1.807) is 66.7 Å². The van der Waals surface area contributed by atoms with E-state index in [2.05, 4.69) is 5.32 Å². The van der Waals surface area contributed by atoms with Crippen LogP contribution < -0.4 is 15.4 Å². The highest BCUT2D eigenvalue weighted by atomic mass is 32.2. The van der Waals surface area contributed by atoms with E-state index < -0.39 is 40.5 Å². The van der Waals surface area contributed by atoms with Gasteiger partial charge in [0.1, 0.15) is 5.84 Å². The van der Waals surface area contributed by atoms with Crippen LogP contribution in [0.4, 0.5) is 15.3 Å². The van der Waals surface area contributed by atoms with E-state index in [0.717, 1.165) is 5.56 Å². The molecule has 222 valence electrons. The number of primary sulfonamides is 1. The third-order valence-electron chi connectivity index (χ3n) is 6.21. The minimum Gasteiger partial charge on any atom is -0.465 e. The van der Waals surface area contributed by atoms with Gasteiger partial charge in [0.2, 0.25) is 16.3 Å². The van der Waals surface area contributed by atoms with Gasteiger partial charge >= 0.3 is 18.2 Å². The summed E-state index contributed by atoms with van der Waals surface area (Å²) < 4.78 is 33.7. The van der Waals surface area contributed by atoms with Crippen molar-refractivity contribution in [2.45, 2.75) is 50.8 Å². The summed E-state index contributed by atoms with van der Waals surface area (Å²) in [5.41, 5.74) is 2.43. The largest absolute Gasteiger partial charge is 0.465 e. The summed E-state index contributed by atoms with van der Waals surface area (Å²) >= 11 is 0. The van der Waals surface area contributed by atoms with E-state index in [0.29, 0.717) is 35.2 Å². The minimum absolute atomic E-state index is 0.0358. The third-order valence-corrected chi connectivity index (χ3v) is 7.18. The molecule has 42 heavy (non-hydrogen) atoms. The third kappa shape index (κ3) is 8.38. The average molecular weight is 597 g/mol. The van der Waals surface area contributed by atoms with Crippen molar-refractivity contribution in [1.29, 1.82) is 5.41 Å². The summed E-state index contributed by atoms with van der Waals surface area (Å²) in [6.07, 6.45) is -2.52. The van der Waals surface area contributed by atoms with Crippen LogP contribution in [0.2, 0.25) is 0 Å². The first kappa shape index (κ1) is 31.8. The fourth-order valence-electron chi connectivity index (χ4n) is 4.39. The van der Waals surface area contributed by atoms with E-state index >= 15 is 0 Å². The average Bonchev–Trinajstić information content (AvgIpc) is 2.92. The van der Waals surface area contributed by atoms with Crippen molar-refractivity contribution < 1.29 is 37.4 Å². The number of ether oxygens (including phenoxy) is 2. The van der Waals surface area contributed by atoms with E-state index in [-0.39, 0.29) is 10.7 Å². The highest BCUT2D eigenvalue weighted by Gasteiger charge is 2.25. The summed E-state index contributed by atoms with van der Waals surface area (Å²) in [6, 6.07) is 19.0. The van der Waals surface area contributed by atoms with Crippen LogP contribution in [-0.2, 0) is 30.7 Å². The Hall–Kier alpha value is -4.75. The maximum atomic E-state index is 12.4. The molecule has 3 aromatic carbocycles. The summed E-state index contributed by atoms with van der Waals surface area (Å²) in [5.74, 6) is -0.877. The first-order chi connectivity index (χ1) is 19.8. The molecule has 3 aromatic rings. The standard InChI is InChI=1S/C29H32N4O8S/c1-4-23(17-20-8-7-9-22(16-20)27(30)32-28(35)41-19(3)40-18(2)34)33(29(36)37)24-14-12-21(13-15-24)25-10-5-6-11-26(25)42(31,38)39/h5-16,19,23H,4,17H2,1-3H3,(H,36,37)(H2,30,32,35)(H2,31,38,39). The molecule has 2 amide bonds. The number of hydrogen-bond donors (Lipinski definition) is 4. The number of nitrogens with two attached hydrogens (primary N) is 1. The number of rotatable bonds is 10. The fourth-order valence-corrected chi connectivity index (χ4v) is 5.15. The molecule has 2 unspecified atom stereocenters. The van der Waals surface area contributed by atoms with Crippen molar-refractivity contribution in [3.05, 3.63) is 83.9 Å². The van der Waals surface area contributed by atoms with Crippen LogP contribution in [0, 0.1) is 5.41 Å². The SMILES string of the molecule is CCC(Cc1cccc(C(=N)NC(=O)OC(C)OC(C)=O)c1)N(C(=O)O)c1ccc(-c2ccccc2S(N)(=O)=O)cc1. The normalized spacial score (nSPS) is 12.5. The number of esters is 1. The second-order valence-corrected chi connectivity index (χ2v) is 10.8. The van der Waals surface area contributed by atoms with E-state index in [4.69, 9.17) is 20.0 Å². The zero-order valence-corrected chi connectivity index (χ0v) is 24.1. The molecular weight excluding hydrogens is 564 g/mol. The van der Waals surface area contributed by atoms with Crippen molar-refractivity contribution in [1.82, 2.24) is 5.32 Å². The second kappa shape index (κ2) is 13.7. The van der Waals surface area contributed by atoms with Gasteiger partial charge in [-0.3, -0.25) is 20.4 Å². The molecular formula is C29H32N4O8S. The van der Waals surface area contributed by atoms with Gasteiger partial charge in [0.05, 0.1) is 4.90 Å². The van der Waals surface area contributed by atoms with Gasteiger partial charge in [0, 0.05) is 36.7 Å². The van der Waals surface area contributed by atoms with Gasteiger partial charge in [-0.2, -0.15) is 0 Å². The lowest BCUT2D eigenvalue weighted by Crippen LogP contribution is -2.40. The molecule has 0 bridgehead atoms. The quantitative estimate of drug-likeness (QED) is 0.114. The number of amidine groups is 1. The van der Waals surface area contributed by atoms with E-state index in [9.17, 15) is 27.9 Å². The number of nitrogens with one attached hydrogen (secondary N) is 2. The predicted octanol–water partition coefficient (Wildman–Crippen LogP) is 4.47. The van der Waals surface area contributed by atoms with Crippen molar-refractivity contribution in [3.63, 3.8) is 0 Å². The smallest absolute Gasteiger partial charge is 0.415 e. The Morgan fingerprint density at radius 2 is 1.69 bits per heavy atom. The number of alkyl carbamates (subject to hydrolysis) is 1. The number of sulfonamides is 1. The zero-order valence-electron chi connectivity index (χ0n) is 23.2. The number of hydrogen-bond acceptors (Lipinski definition) is 8. The van der Waals surface area contributed by atoms with Crippen LogP contribution in [0.25, 0.3) is 11.1 Å². The molecule has 2 atom stereocenters. The summed E-state index contributed by atoms with van der Waals surface area (Å²) in [6.45, 7) is 4.39. The first-order valence-corrected chi connectivity index (χ1v) is 14.4. The Morgan fingerprint density at radius 1 is 1.02 bits per heavy atom. The van der Waals surface area contributed by atoms with Gasteiger partial charge < -0.3 is 14.6 Å². The predicted molar refractivity (Wildman–Crippen MR) is 156 cm³/mol.